The van der Waals surface area contributed by atoms with Crippen molar-refractivity contribution >= 4 is 11.8 Å². The third-order valence-electron chi connectivity index (χ3n) is 4.79. The topological polar surface area (TPSA) is 89.8 Å². The van der Waals surface area contributed by atoms with Gasteiger partial charge in [0.1, 0.15) is 5.75 Å². The number of aromatic nitrogens is 3. The van der Waals surface area contributed by atoms with E-state index < -0.39 is 0 Å². The van der Waals surface area contributed by atoms with Crippen LogP contribution in [-0.2, 0) is 16.0 Å². The van der Waals surface area contributed by atoms with Gasteiger partial charge in [-0.3, -0.25) is 9.59 Å². The number of hydrogen-bond acceptors (Lipinski definition) is 6. The van der Waals surface area contributed by atoms with E-state index in [-0.39, 0.29) is 17.9 Å². The minimum absolute atomic E-state index is 0.0348. The van der Waals surface area contributed by atoms with Crippen molar-refractivity contribution in [2.75, 3.05) is 47.5 Å². The Morgan fingerprint density at radius 3 is 2.79 bits per heavy atom. The molecular weight excluding hydrogens is 362 g/mol. The van der Waals surface area contributed by atoms with E-state index in [1.807, 2.05) is 24.3 Å². The average molecular weight is 387 g/mol. The Morgan fingerprint density at radius 2 is 2.07 bits per heavy atom. The highest BCUT2D eigenvalue weighted by molar-refractivity contribution is 5.91. The molecule has 0 atom stereocenters. The molecule has 0 spiro atoms. The van der Waals surface area contributed by atoms with Crippen molar-refractivity contribution in [3.63, 3.8) is 0 Å². The van der Waals surface area contributed by atoms with Gasteiger partial charge in [0.15, 0.2) is 5.69 Å². The summed E-state index contributed by atoms with van der Waals surface area (Å²) in [6.07, 6.45) is 1.97. The zero-order valence-corrected chi connectivity index (χ0v) is 16.4. The lowest BCUT2D eigenvalue weighted by atomic mass is 10.1. The van der Waals surface area contributed by atoms with Gasteiger partial charge in [0, 0.05) is 33.8 Å². The molecule has 0 bridgehead atoms. The first kappa shape index (κ1) is 19.8. The van der Waals surface area contributed by atoms with Gasteiger partial charge in [-0.2, -0.15) is 0 Å². The molecule has 2 amide bonds. The summed E-state index contributed by atoms with van der Waals surface area (Å²) in [4.78, 5) is 28.1. The van der Waals surface area contributed by atoms with Crippen LogP contribution in [0.5, 0.6) is 5.75 Å². The number of carbonyl (C=O) groups excluding carboxylic acids is 2. The molecule has 1 aliphatic heterocycles. The molecule has 0 radical (unpaired) electrons. The van der Waals surface area contributed by atoms with E-state index in [1.165, 1.54) is 0 Å². The first-order valence-electron chi connectivity index (χ1n) is 9.08. The molecule has 2 aromatic rings. The number of ether oxygens (including phenoxy) is 2. The van der Waals surface area contributed by atoms with Crippen LogP contribution in [0.2, 0.25) is 0 Å². The number of likely N-dealkylation sites (tertiary alicyclic amines) is 1. The van der Waals surface area contributed by atoms with Crippen molar-refractivity contribution in [3.05, 3.63) is 41.7 Å². The summed E-state index contributed by atoms with van der Waals surface area (Å²) >= 11 is 0. The van der Waals surface area contributed by atoms with Crippen LogP contribution in [0, 0.1) is 0 Å². The number of methoxy groups -OCH3 is 2. The lowest BCUT2D eigenvalue weighted by Crippen LogP contribution is -2.51. The summed E-state index contributed by atoms with van der Waals surface area (Å²) in [6, 6.07) is 7.53. The molecule has 0 aliphatic carbocycles. The second kappa shape index (κ2) is 8.83. The maximum absolute atomic E-state index is 12.4. The highest BCUT2D eigenvalue weighted by Crippen LogP contribution is 2.22. The van der Waals surface area contributed by atoms with Crippen LogP contribution in [0.3, 0.4) is 0 Å². The van der Waals surface area contributed by atoms with Crippen LogP contribution in [0.25, 0.3) is 0 Å². The molecule has 1 saturated heterocycles. The van der Waals surface area contributed by atoms with Crippen molar-refractivity contribution < 1.29 is 19.1 Å². The van der Waals surface area contributed by atoms with Gasteiger partial charge < -0.3 is 19.3 Å². The Morgan fingerprint density at radius 1 is 1.29 bits per heavy atom. The fraction of sp³-hybridized carbons (Fsp3) is 0.474. The highest BCUT2D eigenvalue weighted by atomic mass is 16.5. The second-order valence-corrected chi connectivity index (χ2v) is 6.78. The molecule has 1 fully saturated rings. The van der Waals surface area contributed by atoms with Crippen molar-refractivity contribution in [1.82, 2.24) is 24.8 Å². The monoisotopic (exact) mass is 387 g/mol. The fourth-order valence-electron chi connectivity index (χ4n) is 2.97. The molecule has 3 rings (SSSR count). The predicted molar refractivity (Wildman–Crippen MR) is 101 cm³/mol. The molecule has 0 unspecified atom stereocenters. The normalized spacial score (nSPS) is 13.9. The highest BCUT2D eigenvalue weighted by Gasteiger charge is 2.33. The van der Waals surface area contributed by atoms with Gasteiger partial charge in [0.25, 0.3) is 5.91 Å². The van der Waals surface area contributed by atoms with Gasteiger partial charge in [0.2, 0.25) is 5.91 Å². The number of likely N-dealkylation sites (N-methyl/N-ethyl adjacent to an activating group) is 1. The van der Waals surface area contributed by atoms with E-state index in [2.05, 4.69) is 10.3 Å². The minimum Gasteiger partial charge on any atom is -0.497 e. The molecule has 1 aliphatic rings. The number of carbonyl (C=O) groups is 2. The Labute approximate surface area is 163 Å². The SMILES string of the molecule is COCCN(C)C(=O)c1cn(C2CN(C(=O)Cc3cccc(OC)c3)C2)nn1. The molecule has 150 valence electrons. The Hall–Kier alpha value is -2.94. The first-order valence-corrected chi connectivity index (χ1v) is 9.08. The number of benzene rings is 1. The van der Waals surface area contributed by atoms with Crippen LogP contribution < -0.4 is 4.74 Å². The van der Waals surface area contributed by atoms with E-state index in [4.69, 9.17) is 9.47 Å². The van der Waals surface area contributed by atoms with Crippen LogP contribution in [0.1, 0.15) is 22.1 Å². The quantitative estimate of drug-likeness (QED) is 0.660. The Kier molecular flexibility index (Phi) is 6.25. The number of hydrogen-bond donors (Lipinski definition) is 0. The molecule has 28 heavy (non-hydrogen) atoms. The second-order valence-electron chi connectivity index (χ2n) is 6.78. The van der Waals surface area contributed by atoms with Crippen molar-refractivity contribution in [2.45, 2.75) is 12.5 Å². The lowest BCUT2D eigenvalue weighted by molar-refractivity contribution is -0.136. The maximum Gasteiger partial charge on any atom is 0.275 e. The van der Waals surface area contributed by atoms with Gasteiger partial charge in [-0.05, 0) is 17.7 Å². The molecule has 9 heteroatoms. The van der Waals surface area contributed by atoms with Gasteiger partial charge in [0.05, 0.1) is 32.4 Å². The summed E-state index contributed by atoms with van der Waals surface area (Å²) in [5.74, 6) is 0.593. The van der Waals surface area contributed by atoms with E-state index in [1.54, 1.807) is 41.9 Å². The van der Waals surface area contributed by atoms with Gasteiger partial charge >= 0.3 is 0 Å². The zero-order valence-electron chi connectivity index (χ0n) is 16.4. The van der Waals surface area contributed by atoms with Gasteiger partial charge in [-0.1, -0.05) is 17.3 Å². The third kappa shape index (κ3) is 4.48. The molecular formula is C19H25N5O4. The fourth-order valence-corrected chi connectivity index (χ4v) is 2.97. The molecule has 0 N–H and O–H groups in total. The zero-order chi connectivity index (χ0) is 20.1. The number of amides is 2. The standard InChI is InChI=1S/C19H25N5O4/c1-22(7-8-27-2)19(26)17-13-24(21-20-17)15-11-23(12-15)18(25)10-14-5-4-6-16(9-14)28-3/h4-6,9,13,15H,7-8,10-12H2,1-3H3. The van der Waals surface area contributed by atoms with Crippen LogP contribution >= 0.6 is 0 Å². The van der Waals surface area contributed by atoms with E-state index in [9.17, 15) is 9.59 Å². The summed E-state index contributed by atoms with van der Waals surface area (Å²) in [6.45, 7) is 2.06. The van der Waals surface area contributed by atoms with E-state index in [0.29, 0.717) is 38.4 Å². The molecule has 1 aromatic carbocycles. The Balaban J connectivity index is 1.51. The largest absolute Gasteiger partial charge is 0.497 e. The summed E-state index contributed by atoms with van der Waals surface area (Å²) in [7, 11) is 4.89. The summed E-state index contributed by atoms with van der Waals surface area (Å²) in [5.41, 5.74) is 1.21. The van der Waals surface area contributed by atoms with Crippen molar-refractivity contribution in [1.29, 1.82) is 0 Å². The van der Waals surface area contributed by atoms with Crippen LogP contribution in [-0.4, -0.2) is 84.1 Å². The van der Waals surface area contributed by atoms with E-state index in [0.717, 1.165) is 11.3 Å². The predicted octanol–water partition coefficient (Wildman–Crippen LogP) is 0.631. The number of rotatable bonds is 8. The first-order chi connectivity index (χ1) is 13.5. The molecule has 2 heterocycles. The van der Waals surface area contributed by atoms with Crippen LogP contribution in [0.4, 0.5) is 0 Å². The average Bonchev–Trinajstić information content (AvgIpc) is 3.13. The minimum atomic E-state index is -0.200. The lowest BCUT2D eigenvalue weighted by Gasteiger charge is -2.39. The van der Waals surface area contributed by atoms with E-state index >= 15 is 0 Å². The van der Waals surface area contributed by atoms with Crippen molar-refractivity contribution in [2.24, 2.45) is 0 Å². The van der Waals surface area contributed by atoms with Gasteiger partial charge in [-0.25, -0.2) is 4.68 Å². The Bertz CT molecular complexity index is 831. The maximum atomic E-state index is 12.4. The van der Waals surface area contributed by atoms with Crippen LogP contribution in [0.15, 0.2) is 30.5 Å². The molecule has 1 aromatic heterocycles. The molecule has 0 saturated carbocycles. The van der Waals surface area contributed by atoms with Crippen molar-refractivity contribution in [3.8, 4) is 5.75 Å². The van der Waals surface area contributed by atoms with Gasteiger partial charge in [-0.15, -0.1) is 5.10 Å². The summed E-state index contributed by atoms with van der Waals surface area (Å²) in [5, 5.41) is 8.02. The third-order valence-corrected chi connectivity index (χ3v) is 4.79. The number of nitrogens with zero attached hydrogens (tertiary/aromatic N) is 5. The molecule has 9 nitrogen and oxygen atoms in total. The summed E-state index contributed by atoms with van der Waals surface area (Å²) < 4.78 is 11.8. The smallest absolute Gasteiger partial charge is 0.275 e.